The number of nitrogens with one attached hydrogen (secondary N) is 1. The van der Waals surface area contributed by atoms with Gasteiger partial charge in [0.05, 0.1) is 11.3 Å². The first kappa shape index (κ1) is 14.6. The molecule has 1 aromatic carbocycles. The highest BCUT2D eigenvalue weighted by Gasteiger charge is 2.35. The average molecular weight is 332 g/mol. The molecule has 7 heteroatoms. The predicted octanol–water partition coefficient (Wildman–Crippen LogP) is 3.23. The number of benzene rings is 1. The number of hydrogen-bond donors (Lipinski definition) is 2. The predicted molar refractivity (Wildman–Crippen MR) is 85.1 cm³/mol. The van der Waals surface area contributed by atoms with E-state index in [1.165, 1.54) is 6.26 Å². The summed E-state index contributed by atoms with van der Waals surface area (Å²) in [6.07, 6.45) is 0.928. The van der Waals surface area contributed by atoms with E-state index in [4.69, 9.17) is 21.3 Å². The smallest absolute Gasteiger partial charge is 0.266 e. The van der Waals surface area contributed by atoms with Gasteiger partial charge in [-0.25, -0.2) is 0 Å². The second-order valence-electron chi connectivity index (χ2n) is 4.55. The normalized spacial score (nSPS) is 18.1. The maximum Gasteiger partial charge on any atom is 0.266 e. The quantitative estimate of drug-likeness (QED) is 0.829. The van der Waals surface area contributed by atoms with Gasteiger partial charge in [-0.2, -0.15) is 5.26 Å². The van der Waals surface area contributed by atoms with Crippen molar-refractivity contribution in [1.29, 1.82) is 5.26 Å². The van der Waals surface area contributed by atoms with E-state index in [0.717, 1.165) is 5.69 Å². The van der Waals surface area contributed by atoms with E-state index in [0.29, 0.717) is 10.8 Å². The van der Waals surface area contributed by atoms with Crippen molar-refractivity contribution in [3.8, 4) is 6.07 Å². The van der Waals surface area contributed by atoms with Gasteiger partial charge in [-0.15, -0.1) is 12.6 Å². The molecule has 0 bridgehead atoms. The molecule has 110 valence electrons. The first-order chi connectivity index (χ1) is 10.6. The number of amides is 1. The van der Waals surface area contributed by atoms with E-state index in [9.17, 15) is 4.79 Å². The number of halogens is 1. The van der Waals surface area contributed by atoms with Gasteiger partial charge in [0.2, 0.25) is 0 Å². The number of nitriles is 1. The van der Waals surface area contributed by atoms with E-state index in [1.54, 1.807) is 41.3 Å². The Bertz CT molecular complexity index is 778. The van der Waals surface area contributed by atoms with Crippen molar-refractivity contribution in [1.82, 2.24) is 5.32 Å². The number of carbonyl (C=O) groups is 1. The van der Waals surface area contributed by atoms with Gasteiger partial charge in [-0.3, -0.25) is 4.79 Å². The van der Waals surface area contributed by atoms with Crippen LogP contribution in [-0.4, -0.2) is 5.91 Å². The fourth-order valence-electron chi connectivity index (χ4n) is 2.22. The van der Waals surface area contributed by atoms with Crippen molar-refractivity contribution in [3.05, 3.63) is 64.0 Å². The Labute approximate surface area is 137 Å². The third-order valence-electron chi connectivity index (χ3n) is 3.23. The van der Waals surface area contributed by atoms with Gasteiger partial charge in [-0.05, 0) is 36.4 Å². The number of furan rings is 1. The third kappa shape index (κ3) is 2.45. The standard InChI is InChI=1S/C15H10ClN3O2S/c16-9-3-5-10(6-4-9)19-13(12-2-1-7-21-12)18-14(20)11(8-17)15(19)22/h1-7,13,22H,(H,18,20)/t13-/m0/s1. The average Bonchev–Trinajstić information content (AvgIpc) is 3.03. The van der Waals surface area contributed by atoms with Crippen LogP contribution in [0.15, 0.2) is 57.7 Å². The Balaban J connectivity index is 2.14. The van der Waals surface area contributed by atoms with Crippen LogP contribution < -0.4 is 10.2 Å². The minimum absolute atomic E-state index is 0.0545. The van der Waals surface area contributed by atoms with E-state index < -0.39 is 12.1 Å². The summed E-state index contributed by atoms with van der Waals surface area (Å²) in [5.74, 6) is 0.0472. The Morgan fingerprint density at radius 2 is 2.05 bits per heavy atom. The number of anilines is 1. The van der Waals surface area contributed by atoms with Crippen LogP contribution in [0.2, 0.25) is 5.02 Å². The van der Waals surface area contributed by atoms with Gasteiger partial charge >= 0.3 is 0 Å². The minimum Gasteiger partial charge on any atom is -0.465 e. The van der Waals surface area contributed by atoms with Gasteiger partial charge in [0, 0.05) is 10.7 Å². The van der Waals surface area contributed by atoms with Crippen molar-refractivity contribution < 1.29 is 9.21 Å². The summed E-state index contributed by atoms with van der Waals surface area (Å²) in [7, 11) is 0. The molecule has 0 spiro atoms. The summed E-state index contributed by atoms with van der Waals surface area (Å²) in [4.78, 5) is 13.7. The van der Waals surface area contributed by atoms with Crippen LogP contribution in [0.5, 0.6) is 0 Å². The Morgan fingerprint density at radius 3 is 2.64 bits per heavy atom. The Kier molecular flexibility index (Phi) is 3.84. The molecule has 5 nitrogen and oxygen atoms in total. The fraction of sp³-hybridized carbons (Fsp3) is 0.0667. The number of nitrogens with zero attached hydrogens (tertiary/aromatic N) is 2. The lowest BCUT2D eigenvalue weighted by Gasteiger charge is -2.36. The molecule has 0 saturated heterocycles. The molecule has 0 fully saturated rings. The second kappa shape index (κ2) is 5.79. The van der Waals surface area contributed by atoms with E-state index in [-0.39, 0.29) is 10.6 Å². The van der Waals surface area contributed by atoms with Gasteiger partial charge in [0.1, 0.15) is 17.4 Å². The first-order valence-electron chi connectivity index (χ1n) is 6.34. The molecular weight excluding hydrogens is 322 g/mol. The van der Waals surface area contributed by atoms with Gasteiger partial charge in [0.25, 0.3) is 5.91 Å². The van der Waals surface area contributed by atoms with E-state index >= 15 is 0 Å². The number of carbonyl (C=O) groups excluding carboxylic acids is 1. The molecule has 1 N–H and O–H groups in total. The molecule has 0 aliphatic carbocycles. The molecular formula is C15H10ClN3O2S. The largest absolute Gasteiger partial charge is 0.465 e. The van der Waals surface area contributed by atoms with Crippen LogP contribution in [0.25, 0.3) is 0 Å². The van der Waals surface area contributed by atoms with Crippen molar-refractivity contribution in [2.45, 2.75) is 6.17 Å². The summed E-state index contributed by atoms with van der Waals surface area (Å²) in [6.45, 7) is 0. The third-order valence-corrected chi connectivity index (χ3v) is 3.93. The molecule has 0 unspecified atom stereocenters. The molecule has 2 aromatic rings. The van der Waals surface area contributed by atoms with Crippen LogP contribution in [0.4, 0.5) is 5.69 Å². The molecule has 0 saturated carbocycles. The summed E-state index contributed by atoms with van der Waals surface area (Å²) < 4.78 is 5.39. The zero-order valence-electron chi connectivity index (χ0n) is 11.2. The van der Waals surface area contributed by atoms with Crippen molar-refractivity contribution in [3.63, 3.8) is 0 Å². The number of thiol groups is 1. The maximum atomic E-state index is 12.0. The van der Waals surface area contributed by atoms with Gasteiger partial charge in [-0.1, -0.05) is 11.6 Å². The van der Waals surface area contributed by atoms with Crippen LogP contribution in [0.3, 0.4) is 0 Å². The van der Waals surface area contributed by atoms with Crippen molar-refractivity contribution >= 4 is 35.8 Å². The SMILES string of the molecule is N#CC1=C(S)N(c2ccc(Cl)cc2)[C@@H](c2ccco2)NC1=O. The maximum absolute atomic E-state index is 12.0. The molecule has 22 heavy (non-hydrogen) atoms. The van der Waals surface area contributed by atoms with Crippen LogP contribution >= 0.6 is 24.2 Å². The first-order valence-corrected chi connectivity index (χ1v) is 7.16. The molecule has 0 radical (unpaired) electrons. The lowest BCUT2D eigenvalue weighted by Crippen LogP contribution is -2.45. The number of hydrogen-bond acceptors (Lipinski definition) is 5. The number of rotatable bonds is 2. The van der Waals surface area contributed by atoms with E-state index in [1.807, 2.05) is 6.07 Å². The molecule has 1 aliphatic heterocycles. The summed E-state index contributed by atoms with van der Waals surface area (Å²) in [5, 5.41) is 12.8. The molecule has 1 amide bonds. The van der Waals surface area contributed by atoms with Crippen LogP contribution in [0, 0.1) is 11.3 Å². The summed E-state index contributed by atoms with van der Waals surface area (Å²) in [5.41, 5.74) is 0.671. The molecule has 2 heterocycles. The highest BCUT2D eigenvalue weighted by Crippen LogP contribution is 2.36. The minimum atomic E-state index is -0.590. The van der Waals surface area contributed by atoms with Gasteiger partial charge < -0.3 is 14.6 Å². The Morgan fingerprint density at radius 1 is 1.32 bits per heavy atom. The lowest BCUT2D eigenvalue weighted by atomic mass is 10.1. The molecule has 1 aliphatic rings. The summed E-state index contributed by atoms with van der Waals surface area (Å²) >= 11 is 10.3. The zero-order chi connectivity index (χ0) is 15.7. The van der Waals surface area contributed by atoms with Gasteiger partial charge in [0.15, 0.2) is 6.17 Å². The van der Waals surface area contributed by atoms with Crippen molar-refractivity contribution in [2.24, 2.45) is 0 Å². The zero-order valence-corrected chi connectivity index (χ0v) is 12.8. The van der Waals surface area contributed by atoms with Crippen molar-refractivity contribution in [2.75, 3.05) is 4.90 Å². The Hall–Kier alpha value is -2.36. The van der Waals surface area contributed by atoms with Crippen LogP contribution in [-0.2, 0) is 4.79 Å². The molecule has 3 rings (SSSR count). The van der Waals surface area contributed by atoms with Crippen LogP contribution in [0.1, 0.15) is 11.9 Å². The monoisotopic (exact) mass is 331 g/mol. The second-order valence-corrected chi connectivity index (χ2v) is 5.41. The molecule has 1 aromatic heterocycles. The fourth-order valence-corrected chi connectivity index (χ4v) is 2.73. The topological polar surface area (TPSA) is 69.3 Å². The van der Waals surface area contributed by atoms with E-state index in [2.05, 4.69) is 17.9 Å². The summed E-state index contributed by atoms with van der Waals surface area (Å²) in [6, 6.07) is 12.3. The highest BCUT2D eigenvalue weighted by molar-refractivity contribution is 7.84. The molecule has 1 atom stereocenters. The highest BCUT2D eigenvalue weighted by atomic mass is 35.5. The lowest BCUT2D eigenvalue weighted by molar-refractivity contribution is -0.118.